The fourth-order valence-corrected chi connectivity index (χ4v) is 3.30. The number of fused-ring (bicyclic) bond motifs is 1. The monoisotopic (exact) mass is 346 g/mol. The molecule has 25 heavy (non-hydrogen) atoms. The SMILES string of the molecule is CCOCC(=O)N1Cc2nccn2C[C@H](CN(C)Cc2ccco2)C1. The van der Waals surface area contributed by atoms with Gasteiger partial charge in [0.15, 0.2) is 0 Å². The van der Waals surface area contributed by atoms with Crippen LogP contribution in [-0.2, 0) is 29.2 Å². The number of nitrogens with zero attached hydrogens (tertiary/aromatic N) is 4. The minimum Gasteiger partial charge on any atom is -0.468 e. The zero-order valence-electron chi connectivity index (χ0n) is 14.9. The number of aromatic nitrogens is 2. The van der Waals surface area contributed by atoms with E-state index in [1.54, 1.807) is 12.5 Å². The Balaban J connectivity index is 1.66. The van der Waals surface area contributed by atoms with E-state index in [0.29, 0.717) is 25.6 Å². The highest BCUT2D eigenvalue weighted by molar-refractivity contribution is 5.77. The number of hydrogen-bond donors (Lipinski definition) is 0. The summed E-state index contributed by atoms with van der Waals surface area (Å²) in [5.74, 6) is 2.22. The molecule has 0 unspecified atom stereocenters. The number of carbonyl (C=O) groups excluding carboxylic acids is 1. The summed E-state index contributed by atoms with van der Waals surface area (Å²) in [7, 11) is 2.08. The van der Waals surface area contributed by atoms with E-state index in [9.17, 15) is 4.79 Å². The minimum absolute atomic E-state index is 0.0250. The van der Waals surface area contributed by atoms with E-state index in [1.807, 2.05) is 30.2 Å². The second kappa shape index (κ2) is 8.31. The van der Waals surface area contributed by atoms with E-state index in [2.05, 4.69) is 21.5 Å². The number of rotatable bonds is 7. The molecule has 3 heterocycles. The van der Waals surface area contributed by atoms with Crippen molar-refractivity contribution in [3.8, 4) is 0 Å². The Bertz CT molecular complexity index is 668. The molecular weight excluding hydrogens is 320 g/mol. The minimum atomic E-state index is 0.0250. The quantitative estimate of drug-likeness (QED) is 0.762. The van der Waals surface area contributed by atoms with Gasteiger partial charge in [-0.3, -0.25) is 9.69 Å². The van der Waals surface area contributed by atoms with Gasteiger partial charge >= 0.3 is 0 Å². The van der Waals surface area contributed by atoms with Crippen LogP contribution in [0.5, 0.6) is 0 Å². The summed E-state index contributed by atoms with van der Waals surface area (Å²) < 4.78 is 12.9. The molecule has 0 saturated heterocycles. The Morgan fingerprint density at radius 2 is 2.36 bits per heavy atom. The molecule has 0 spiro atoms. The first-order valence-electron chi connectivity index (χ1n) is 8.72. The van der Waals surface area contributed by atoms with Gasteiger partial charge in [0.05, 0.1) is 19.4 Å². The van der Waals surface area contributed by atoms with Gasteiger partial charge in [0.25, 0.3) is 0 Å². The van der Waals surface area contributed by atoms with Crippen LogP contribution in [0.3, 0.4) is 0 Å². The molecule has 1 atom stereocenters. The molecule has 136 valence electrons. The average molecular weight is 346 g/mol. The molecule has 0 fully saturated rings. The average Bonchev–Trinajstić information content (AvgIpc) is 3.21. The van der Waals surface area contributed by atoms with Crippen molar-refractivity contribution in [1.82, 2.24) is 19.4 Å². The molecule has 0 aromatic carbocycles. The number of furan rings is 1. The van der Waals surface area contributed by atoms with Crippen LogP contribution in [0.1, 0.15) is 18.5 Å². The van der Waals surface area contributed by atoms with Gasteiger partial charge in [-0.25, -0.2) is 4.98 Å². The summed E-state index contributed by atoms with van der Waals surface area (Å²) in [5, 5.41) is 0. The standard InChI is InChI=1S/C18H26N4O3/c1-3-24-14-18(23)22-11-15(10-21-7-6-19-17(21)13-22)9-20(2)12-16-5-4-8-25-16/h4-8,15H,3,9-14H2,1-2H3/t15-/m0/s1. The molecule has 0 N–H and O–H groups in total. The molecule has 2 aromatic heterocycles. The Morgan fingerprint density at radius 3 is 3.12 bits per heavy atom. The number of ether oxygens (including phenoxy) is 1. The first kappa shape index (κ1) is 17.7. The maximum atomic E-state index is 12.5. The Kier molecular flexibility index (Phi) is 5.88. The number of imidazole rings is 1. The maximum Gasteiger partial charge on any atom is 0.248 e. The summed E-state index contributed by atoms with van der Waals surface area (Å²) in [4.78, 5) is 21.0. The second-order valence-electron chi connectivity index (χ2n) is 6.55. The predicted octanol–water partition coefficient (Wildman–Crippen LogP) is 1.60. The number of hydrogen-bond acceptors (Lipinski definition) is 5. The van der Waals surface area contributed by atoms with Gasteiger partial charge in [0, 0.05) is 44.6 Å². The first-order chi connectivity index (χ1) is 12.2. The lowest BCUT2D eigenvalue weighted by atomic mass is 10.1. The molecule has 7 nitrogen and oxygen atoms in total. The fraction of sp³-hybridized carbons (Fsp3) is 0.556. The zero-order valence-corrected chi connectivity index (χ0v) is 14.9. The number of amides is 1. The van der Waals surface area contributed by atoms with Crippen molar-refractivity contribution in [2.75, 3.05) is 33.4 Å². The molecular formula is C18H26N4O3. The van der Waals surface area contributed by atoms with Crippen LogP contribution in [-0.4, -0.2) is 58.6 Å². The highest BCUT2D eigenvalue weighted by Crippen LogP contribution is 2.17. The molecule has 2 aromatic rings. The third kappa shape index (κ3) is 4.70. The van der Waals surface area contributed by atoms with Gasteiger partial charge in [-0.15, -0.1) is 0 Å². The second-order valence-corrected chi connectivity index (χ2v) is 6.55. The number of carbonyl (C=O) groups is 1. The van der Waals surface area contributed by atoms with Crippen LogP contribution in [0.15, 0.2) is 35.2 Å². The molecule has 3 rings (SSSR count). The molecule has 0 saturated carbocycles. The van der Waals surface area contributed by atoms with Crippen molar-refractivity contribution in [3.63, 3.8) is 0 Å². The Labute approximate surface area is 148 Å². The smallest absolute Gasteiger partial charge is 0.248 e. The van der Waals surface area contributed by atoms with E-state index in [-0.39, 0.29) is 12.5 Å². The van der Waals surface area contributed by atoms with Gasteiger partial charge in [0.1, 0.15) is 18.2 Å². The lowest BCUT2D eigenvalue weighted by Crippen LogP contribution is -2.39. The first-order valence-corrected chi connectivity index (χ1v) is 8.72. The highest BCUT2D eigenvalue weighted by atomic mass is 16.5. The van der Waals surface area contributed by atoms with Gasteiger partial charge in [-0.2, -0.15) is 0 Å². The van der Waals surface area contributed by atoms with E-state index in [4.69, 9.17) is 9.15 Å². The van der Waals surface area contributed by atoms with Gasteiger partial charge in [-0.1, -0.05) is 0 Å². The van der Waals surface area contributed by atoms with E-state index in [0.717, 1.165) is 31.2 Å². The molecule has 1 aliphatic rings. The topological polar surface area (TPSA) is 63.7 Å². The van der Waals surface area contributed by atoms with Gasteiger partial charge in [0.2, 0.25) is 5.91 Å². The van der Waals surface area contributed by atoms with Crippen molar-refractivity contribution in [3.05, 3.63) is 42.4 Å². The summed E-state index contributed by atoms with van der Waals surface area (Å²) in [5.41, 5.74) is 0. The molecule has 1 aliphatic heterocycles. The zero-order chi connectivity index (χ0) is 17.6. The normalized spacial score (nSPS) is 17.6. The van der Waals surface area contributed by atoms with Crippen LogP contribution >= 0.6 is 0 Å². The highest BCUT2D eigenvalue weighted by Gasteiger charge is 2.26. The Hall–Kier alpha value is -2.12. The van der Waals surface area contributed by atoms with Crippen molar-refractivity contribution < 1.29 is 13.9 Å². The molecule has 1 amide bonds. The van der Waals surface area contributed by atoms with Crippen LogP contribution in [0.2, 0.25) is 0 Å². The maximum absolute atomic E-state index is 12.5. The van der Waals surface area contributed by atoms with Crippen molar-refractivity contribution >= 4 is 5.91 Å². The van der Waals surface area contributed by atoms with Crippen molar-refractivity contribution in [2.24, 2.45) is 5.92 Å². The summed E-state index contributed by atoms with van der Waals surface area (Å²) in [6.45, 7) is 6.31. The van der Waals surface area contributed by atoms with E-state index in [1.165, 1.54) is 0 Å². The van der Waals surface area contributed by atoms with E-state index < -0.39 is 0 Å². The van der Waals surface area contributed by atoms with Crippen LogP contribution in [0.25, 0.3) is 0 Å². The van der Waals surface area contributed by atoms with Crippen LogP contribution < -0.4 is 0 Å². The summed E-state index contributed by atoms with van der Waals surface area (Å²) >= 11 is 0. The molecule has 7 heteroatoms. The third-order valence-electron chi connectivity index (χ3n) is 4.43. The lowest BCUT2D eigenvalue weighted by molar-refractivity contribution is -0.137. The van der Waals surface area contributed by atoms with Gasteiger partial charge in [-0.05, 0) is 26.1 Å². The molecule has 0 aliphatic carbocycles. The van der Waals surface area contributed by atoms with Gasteiger partial charge < -0.3 is 18.6 Å². The van der Waals surface area contributed by atoms with Crippen molar-refractivity contribution in [2.45, 2.75) is 26.6 Å². The largest absolute Gasteiger partial charge is 0.468 e. The van der Waals surface area contributed by atoms with Crippen LogP contribution in [0.4, 0.5) is 0 Å². The Morgan fingerprint density at radius 1 is 1.48 bits per heavy atom. The summed E-state index contributed by atoms with van der Waals surface area (Å²) in [6, 6.07) is 3.89. The van der Waals surface area contributed by atoms with E-state index >= 15 is 0 Å². The molecule has 0 radical (unpaired) electrons. The summed E-state index contributed by atoms with van der Waals surface area (Å²) in [6.07, 6.45) is 5.49. The predicted molar refractivity (Wildman–Crippen MR) is 92.7 cm³/mol. The fourth-order valence-electron chi connectivity index (χ4n) is 3.30. The van der Waals surface area contributed by atoms with Crippen molar-refractivity contribution in [1.29, 1.82) is 0 Å². The van der Waals surface area contributed by atoms with Crippen LogP contribution in [0, 0.1) is 5.92 Å². The molecule has 0 bridgehead atoms. The lowest BCUT2D eigenvalue weighted by Gasteiger charge is -2.27. The third-order valence-corrected chi connectivity index (χ3v) is 4.43.